The molecule has 1 unspecified atom stereocenters. The van der Waals surface area contributed by atoms with Gasteiger partial charge in [0.2, 0.25) is 10.0 Å². The van der Waals surface area contributed by atoms with E-state index in [1.54, 1.807) is 19.3 Å². The van der Waals surface area contributed by atoms with Crippen molar-refractivity contribution in [3.63, 3.8) is 0 Å². The lowest BCUT2D eigenvalue weighted by Crippen LogP contribution is -2.27. The third-order valence-corrected chi connectivity index (χ3v) is 4.32. The van der Waals surface area contributed by atoms with E-state index in [4.69, 9.17) is 10.5 Å². The molecule has 0 saturated heterocycles. The van der Waals surface area contributed by atoms with Gasteiger partial charge in [-0.25, -0.2) is 18.1 Å². The van der Waals surface area contributed by atoms with E-state index in [1.807, 2.05) is 0 Å². The first-order valence-corrected chi connectivity index (χ1v) is 7.37. The summed E-state index contributed by atoms with van der Waals surface area (Å²) in [6.45, 7) is 1.70. The molecule has 1 heterocycles. The lowest BCUT2D eigenvalue weighted by atomic mass is 10.3. The Labute approximate surface area is 117 Å². The average Bonchev–Trinajstić information content (AvgIpc) is 2.92. The van der Waals surface area contributed by atoms with Crippen molar-refractivity contribution in [2.45, 2.75) is 17.9 Å². The van der Waals surface area contributed by atoms with Crippen LogP contribution < -0.4 is 15.2 Å². The van der Waals surface area contributed by atoms with Crippen molar-refractivity contribution in [2.24, 2.45) is 0 Å². The minimum absolute atomic E-state index is 0.0851. The molecule has 0 aliphatic heterocycles. The summed E-state index contributed by atoms with van der Waals surface area (Å²) in [4.78, 5) is 6.96. The fourth-order valence-corrected chi connectivity index (χ4v) is 2.95. The number of nitrogens with zero attached hydrogens (tertiary/aromatic N) is 1. The van der Waals surface area contributed by atoms with Crippen LogP contribution in [0.5, 0.6) is 5.75 Å². The summed E-state index contributed by atoms with van der Waals surface area (Å²) >= 11 is 0. The quantitative estimate of drug-likeness (QED) is 0.714. The number of aromatic nitrogens is 2. The van der Waals surface area contributed by atoms with Gasteiger partial charge in [0.15, 0.2) is 0 Å². The second kappa shape index (κ2) is 5.51. The Morgan fingerprint density at radius 3 is 2.80 bits per heavy atom. The molecule has 0 aliphatic carbocycles. The summed E-state index contributed by atoms with van der Waals surface area (Å²) in [5, 5.41) is 0. The number of aromatic amines is 1. The van der Waals surface area contributed by atoms with Crippen LogP contribution in [0.1, 0.15) is 18.8 Å². The second-order valence-corrected chi connectivity index (χ2v) is 5.94. The highest BCUT2D eigenvalue weighted by molar-refractivity contribution is 7.89. The monoisotopic (exact) mass is 296 g/mol. The summed E-state index contributed by atoms with van der Waals surface area (Å²) in [5.74, 6) is 0.856. The number of hydrogen-bond donors (Lipinski definition) is 3. The molecule has 1 atom stereocenters. The van der Waals surface area contributed by atoms with Crippen LogP contribution >= 0.6 is 0 Å². The summed E-state index contributed by atoms with van der Waals surface area (Å²) in [7, 11) is -2.25. The molecular formula is C12H16N4O3S. The molecule has 1 aromatic carbocycles. The summed E-state index contributed by atoms with van der Waals surface area (Å²) in [5.41, 5.74) is 6.05. The van der Waals surface area contributed by atoms with Gasteiger partial charge >= 0.3 is 0 Å². The molecule has 0 fully saturated rings. The minimum Gasteiger partial charge on any atom is -0.495 e. The fraction of sp³-hybridized carbons (Fsp3) is 0.250. The molecule has 0 bridgehead atoms. The number of nitrogens with two attached hydrogens (primary N) is 1. The van der Waals surface area contributed by atoms with Gasteiger partial charge in [-0.2, -0.15) is 0 Å². The van der Waals surface area contributed by atoms with Gasteiger partial charge in [0.25, 0.3) is 0 Å². The Balaban J connectivity index is 2.26. The van der Waals surface area contributed by atoms with Gasteiger partial charge in [0, 0.05) is 18.5 Å². The number of nitrogen functional groups attached to an aromatic ring is 1. The first-order valence-electron chi connectivity index (χ1n) is 5.89. The third kappa shape index (κ3) is 2.91. The first-order chi connectivity index (χ1) is 9.44. The Hall–Kier alpha value is -2.06. The molecule has 0 saturated carbocycles. The normalized spacial score (nSPS) is 13.1. The van der Waals surface area contributed by atoms with E-state index in [-0.39, 0.29) is 4.90 Å². The molecule has 108 valence electrons. The maximum Gasteiger partial charge on any atom is 0.241 e. The predicted molar refractivity (Wildman–Crippen MR) is 74.7 cm³/mol. The van der Waals surface area contributed by atoms with Gasteiger partial charge in [-0.3, -0.25) is 0 Å². The van der Waals surface area contributed by atoms with Crippen LogP contribution in [0, 0.1) is 0 Å². The smallest absolute Gasteiger partial charge is 0.241 e. The maximum absolute atomic E-state index is 12.3. The number of nitrogens with one attached hydrogen (secondary N) is 2. The highest BCUT2D eigenvalue weighted by Crippen LogP contribution is 2.25. The zero-order chi connectivity index (χ0) is 14.8. The Morgan fingerprint density at radius 2 is 2.20 bits per heavy atom. The van der Waals surface area contributed by atoms with Gasteiger partial charge in [0.05, 0.1) is 23.7 Å². The SMILES string of the molecule is COc1cc(S(=O)(=O)NC(C)c2ncc[nH]2)ccc1N. The summed E-state index contributed by atoms with van der Waals surface area (Å²) in [6, 6.07) is 3.82. The molecule has 0 radical (unpaired) electrons. The number of sulfonamides is 1. The zero-order valence-electron chi connectivity index (χ0n) is 11.1. The molecule has 7 nitrogen and oxygen atoms in total. The lowest BCUT2D eigenvalue weighted by Gasteiger charge is -2.13. The molecule has 0 spiro atoms. The van der Waals surface area contributed by atoms with Crippen molar-refractivity contribution < 1.29 is 13.2 Å². The van der Waals surface area contributed by atoms with Crippen LogP contribution in [0.4, 0.5) is 5.69 Å². The van der Waals surface area contributed by atoms with Crippen LogP contribution in [0.3, 0.4) is 0 Å². The van der Waals surface area contributed by atoms with E-state index >= 15 is 0 Å². The molecule has 2 rings (SSSR count). The molecule has 8 heteroatoms. The summed E-state index contributed by atoms with van der Waals surface area (Å²) < 4.78 is 32.1. The van der Waals surface area contributed by atoms with Gasteiger partial charge in [-0.15, -0.1) is 0 Å². The van der Waals surface area contributed by atoms with Crippen molar-refractivity contribution in [2.75, 3.05) is 12.8 Å². The number of H-pyrrole nitrogens is 1. The maximum atomic E-state index is 12.3. The lowest BCUT2D eigenvalue weighted by molar-refractivity contribution is 0.415. The van der Waals surface area contributed by atoms with Gasteiger partial charge < -0.3 is 15.5 Å². The molecule has 0 aliphatic rings. The molecule has 0 amide bonds. The van der Waals surface area contributed by atoms with E-state index in [0.29, 0.717) is 17.3 Å². The van der Waals surface area contributed by atoms with E-state index in [9.17, 15) is 8.42 Å². The molecular weight excluding hydrogens is 280 g/mol. The van der Waals surface area contributed by atoms with E-state index in [0.717, 1.165) is 0 Å². The van der Waals surface area contributed by atoms with E-state index in [2.05, 4.69) is 14.7 Å². The minimum atomic E-state index is -3.68. The average molecular weight is 296 g/mol. The largest absolute Gasteiger partial charge is 0.495 e. The standard InChI is InChI=1S/C12H16N4O3S/c1-8(12-14-5-6-15-12)16-20(17,18)9-3-4-10(13)11(7-9)19-2/h3-8,16H,13H2,1-2H3,(H,14,15). The molecule has 4 N–H and O–H groups in total. The highest BCUT2D eigenvalue weighted by atomic mass is 32.2. The van der Waals surface area contributed by atoms with Gasteiger partial charge in [-0.1, -0.05) is 0 Å². The van der Waals surface area contributed by atoms with Crippen LogP contribution in [0.25, 0.3) is 0 Å². The fourth-order valence-electron chi connectivity index (χ4n) is 1.73. The number of imidazole rings is 1. The first kappa shape index (κ1) is 14.4. The highest BCUT2D eigenvalue weighted by Gasteiger charge is 2.20. The number of rotatable bonds is 5. The number of anilines is 1. The molecule has 2 aromatic rings. The van der Waals surface area contributed by atoms with Crippen molar-refractivity contribution in [3.05, 3.63) is 36.4 Å². The van der Waals surface area contributed by atoms with Crippen LogP contribution in [0.2, 0.25) is 0 Å². The van der Waals surface area contributed by atoms with Crippen molar-refractivity contribution >= 4 is 15.7 Å². The van der Waals surface area contributed by atoms with Gasteiger partial charge in [0.1, 0.15) is 11.6 Å². The molecule has 20 heavy (non-hydrogen) atoms. The van der Waals surface area contributed by atoms with Crippen LogP contribution in [0.15, 0.2) is 35.5 Å². The third-order valence-electron chi connectivity index (χ3n) is 2.78. The van der Waals surface area contributed by atoms with E-state index < -0.39 is 16.1 Å². The van der Waals surface area contributed by atoms with Crippen LogP contribution in [-0.4, -0.2) is 25.5 Å². The van der Waals surface area contributed by atoms with Gasteiger partial charge in [-0.05, 0) is 19.1 Å². The Kier molecular flexibility index (Phi) is 3.96. The topological polar surface area (TPSA) is 110 Å². The zero-order valence-corrected chi connectivity index (χ0v) is 11.9. The van der Waals surface area contributed by atoms with E-state index in [1.165, 1.54) is 25.3 Å². The van der Waals surface area contributed by atoms with Crippen LogP contribution in [-0.2, 0) is 10.0 Å². The van der Waals surface area contributed by atoms with Crippen molar-refractivity contribution in [3.8, 4) is 5.75 Å². The number of hydrogen-bond acceptors (Lipinski definition) is 5. The Morgan fingerprint density at radius 1 is 1.45 bits per heavy atom. The predicted octanol–water partition coefficient (Wildman–Crippen LogP) is 1.04. The van der Waals surface area contributed by atoms with Crippen molar-refractivity contribution in [1.29, 1.82) is 0 Å². The number of benzene rings is 1. The Bertz CT molecular complexity index is 683. The number of methoxy groups -OCH3 is 1. The summed E-state index contributed by atoms with van der Waals surface area (Å²) in [6.07, 6.45) is 3.19. The van der Waals surface area contributed by atoms with Crippen molar-refractivity contribution in [1.82, 2.24) is 14.7 Å². The number of ether oxygens (including phenoxy) is 1. The molecule has 1 aromatic heterocycles. The second-order valence-electron chi connectivity index (χ2n) is 4.22.